The number of hydrogen-bond donors (Lipinski definition) is 0. The molecule has 0 saturated carbocycles. The number of nitrogens with zero attached hydrogens (tertiary/aromatic N) is 2. The number of nitriles is 2. The molecule has 0 atom stereocenters. The van der Waals surface area contributed by atoms with Crippen LogP contribution >= 0.6 is 0 Å². The van der Waals surface area contributed by atoms with Gasteiger partial charge in [-0.2, -0.15) is 10.5 Å². The van der Waals surface area contributed by atoms with Crippen LogP contribution in [-0.4, -0.2) is 11.9 Å². The third-order valence-corrected chi connectivity index (χ3v) is 0.447. The zero-order chi connectivity index (χ0) is 9.98. The Kier molecular flexibility index (Phi) is 31.5. The fourth-order valence-corrected chi connectivity index (χ4v) is 0.129. The molecule has 0 amide bonds. The quantitative estimate of drug-likeness (QED) is 0.420. The molecule has 0 spiro atoms. The molecule has 64 valence electrons. The average molecular weight is 214 g/mol. The molecule has 0 saturated heterocycles. The smallest absolute Gasteiger partial charge is 0.549 e. The summed E-state index contributed by atoms with van der Waals surface area (Å²) in [4.78, 5) is 18.5. The van der Waals surface area contributed by atoms with Crippen molar-refractivity contribution in [2.75, 3.05) is 0 Å². The summed E-state index contributed by atoms with van der Waals surface area (Å²) in [5.41, 5.74) is 0. The van der Waals surface area contributed by atoms with Crippen LogP contribution in [0.4, 0.5) is 0 Å². The van der Waals surface area contributed by atoms with Crippen molar-refractivity contribution in [1.29, 1.82) is 10.5 Å². The van der Waals surface area contributed by atoms with Gasteiger partial charge in [-0.3, -0.25) is 0 Å². The summed E-state index contributed by atoms with van der Waals surface area (Å²) >= 11 is 0. The summed E-state index contributed by atoms with van der Waals surface area (Å²) in [6.07, 6.45) is -1.03. The third-order valence-electron chi connectivity index (χ3n) is 0.447. The zero-order valence-electron chi connectivity index (χ0n) is 7.94. The topological polar surface area (TPSA) is 128 Å². The van der Waals surface area contributed by atoms with Gasteiger partial charge in [-0.05, 0) is 0 Å². The first-order valence-corrected chi connectivity index (χ1v) is 2.68. The molecule has 0 radical (unpaired) electrons. The molecule has 8 heteroatoms. The molecule has 0 aromatic carbocycles. The first-order valence-electron chi connectivity index (χ1n) is 2.68. The van der Waals surface area contributed by atoms with E-state index in [1.54, 1.807) is 0 Å². The van der Waals surface area contributed by atoms with Crippen molar-refractivity contribution in [1.82, 2.24) is 0 Å². The normalized spacial score (nSPS) is 5.57. The van der Waals surface area contributed by atoms with E-state index >= 15 is 0 Å². The Hall–Kier alpha value is -0.0800. The SMILES string of the molecule is N#CCC(=O)[O-].N#CCC(=O)[O-].[Na+].[Na+]. The molecule has 14 heavy (non-hydrogen) atoms. The van der Waals surface area contributed by atoms with E-state index in [1.807, 2.05) is 0 Å². The number of carbonyl (C=O) groups excluding carboxylic acids is 2. The molecule has 0 N–H and O–H groups in total. The summed E-state index contributed by atoms with van der Waals surface area (Å²) in [5.74, 6) is -2.64. The van der Waals surface area contributed by atoms with E-state index in [9.17, 15) is 19.8 Å². The zero-order valence-corrected chi connectivity index (χ0v) is 11.9. The summed E-state index contributed by atoms with van der Waals surface area (Å²) in [6.45, 7) is 0. The molecule has 0 aliphatic heterocycles. The Labute approximate surface area is 125 Å². The fourth-order valence-electron chi connectivity index (χ4n) is 0.129. The maximum Gasteiger partial charge on any atom is 1.00 e. The predicted octanol–water partition coefficient (Wildman–Crippen LogP) is -8.69. The van der Waals surface area contributed by atoms with Crippen LogP contribution in [0.1, 0.15) is 12.8 Å². The van der Waals surface area contributed by atoms with E-state index in [-0.39, 0.29) is 59.1 Å². The monoisotopic (exact) mass is 214 g/mol. The minimum atomic E-state index is -1.32. The minimum Gasteiger partial charge on any atom is -0.549 e. The van der Waals surface area contributed by atoms with Crippen molar-refractivity contribution in [2.45, 2.75) is 12.8 Å². The van der Waals surface area contributed by atoms with Gasteiger partial charge < -0.3 is 19.8 Å². The van der Waals surface area contributed by atoms with E-state index in [0.29, 0.717) is 0 Å². The van der Waals surface area contributed by atoms with E-state index in [1.165, 1.54) is 12.1 Å². The van der Waals surface area contributed by atoms with Gasteiger partial charge in [0.25, 0.3) is 0 Å². The summed E-state index contributed by atoms with van der Waals surface area (Å²) in [6, 6.07) is 2.81. The van der Waals surface area contributed by atoms with Crippen LogP contribution in [0.2, 0.25) is 0 Å². The largest absolute Gasteiger partial charge is 1.00 e. The number of aliphatic carboxylic acids is 2. The Morgan fingerprint density at radius 1 is 0.929 bits per heavy atom. The second-order valence-electron chi connectivity index (χ2n) is 1.41. The Bertz CT molecular complexity index is 217. The van der Waals surface area contributed by atoms with Crippen LogP contribution in [0.15, 0.2) is 0 Å². The Morgan fingerprint density at radius 3 is 1.14 bits per heavy atom. The number of carboxylic acid groups (broad SMARTS) is 2. The molecule has 0 aliphatic carbocycles. The van der Waals surface area contributed by atoms with Gasteiger partial charge in [0.15, 0.2) is 0 Å². The van der Waals surface area contributed by atoms with Crippen LogP contribution in [0.5, 0.6) is 0 Å². The fraction of sp³-hybridized carbons (Fsp3) is 0.333. The van der Waals surface area contributed by atoms with Gasteiger partial charge in [0.2, 0.25) is 0 Å². The van der Waals surface area contributed by atoms with Crippen LogP contribution in [-0.2, 0) is 9.59 Å². The standard InChI is InChI=1S/2C3H3NO2.2Na/c2*4-2-1-3(5)6;;/h2*1H2,(H,5,6);;/q;;2*+1/p-2. The van der Waals surface area contributed by atoms with Crippen molar-refractivity contribution in [2.24, 2.45) is 0 Å². The minimum absolute atomic E-state index is 0. The second-order valence-corrected chi connectivity index (χ2v) is 1.41. The van der Waals surface area contributed by atoms with E-state index < -0.39 is 24.8 Å². The van der Waals surface area contributed by atoms with Crippen molar-refractivity contribution < 1.29 is 78.9 Å². The van der Waals surface area contributed by atoms with Crippen LogP contribution in [0.25, 0.3) is 0 Å². The predicted molar refractivity (Wildman–Crippen MR) is 30.5 cm³/mol. The van der Waals surface area contributed by atoms with Crippen molar-refractivity contribution in [3.63, 3.8) is 0 Å². The second kappa shape index (κ2) is 18.7. The first-order chi connectivity index (χ1) is 5.54. The first kappa shape index (κ1) is 23.6. The molecule has 0 unspecified atom stereocenters. The molecule has 0 bridgehead atoms. The van der Waals surface area contributed by atoms with Gasteiger partial charge in [0, 0.05) is 0 Å². The molecule has 0 aromatic rings. The van der Waals surface area contributed by atoms with Crippen LogP contribution in [0.3, 0.4) is 0 Å². The Balaban J connectivity index is -0.0000000625. The maximum absolute atomic E-state index is 9.27. The number of rotatable bonds is 2. The maximum atomic E-state index is 9.27. The van der Waals surface area contributed by atoms with Crippen LogP contribution < -0.4 is 69.3 Å². The number of hydrogen-bond acceptors (Lipinski definition) is 6. The number of carboxylic acids is 2. The molecular formula is C6H4N2Na2O4. The molecule has 0 rings (SSSR count). The molecule has 6 nitrogen and oxygen atoms in total. The van der Waals surface area contributed by atoms with Gasteiger partial charge >= 0.3 is 59.1 Å². The molecule has 0 aromatic heterocycles. The average Bonchev–Trinajstić information content (AvgIpc) is 1.87. The van der Waals surface area contributed by atoms with E-state index in [4.69, 9.17) is 10.5 Å². The Morgan fingerprint density at radius 2 is 1.14 bits per heavy atom. The third kappa shape index (κ3) is 40.6. The molecule has 0 heterocycles. The van der Waals surface area contributed by atoms with Crippen molar-refractivity contribution in [3.05, 3.63) is 0 Å². The van der Waals surface area contributed by atoms with Gasteiger partial charge in [-0.15, -0.1) is 0 Å². The van der Waals surface area contributed by atoms with Crippen molar-refractivity contribution in [3.8, 4) is 12.1 Å². The summed E-state index contributed by atoms with van der Waals surface area (Å²) in [5, 5.41) is 33.7. The van der Waals surface area contributed by atoms with Gasteiger partial charge in [0.1, 0.15) is 0 Å². The van der Waals surface area contributed by atoms with E-state index in [2.05, 4.69) is 0 Å². The van der Waals surface area contributed by atoms with Gasteiger partial charge in [-0.25, -0.2) is 0 Å². The molecular weight excluding hydrogens is 210 g/mol. The molecule has 0 fully saturated rings. The molecule has 0 aliphatic rings. The van der Waals surface area contributed by atoms with Crippen molar-refractivity contribution >= 4 is 11.9 Å². The number of carbonyl (C=O) groups is 2. The summed E-state index contributed by atoms with van der Waals surface area (Å²) in [7, 11) is 0. The van der Waals surface area contributed by atoms with E-state index in [0.717, 1.165) is 0 Å². The van der Waals surface area contributed by atoms with Gasteiger partial charge in [-0.1, -0.05) is 0 Å². The summed E-state index contributed by atoms with van der Waals surface area (Å²) < 4.78 is 0. The van der Waals surface area contributed by atoms with Gasteiger partial charge in [0.05, 0.1) is 36.9 Å². The van der Waals surface area contributed by atoms with Crippen LogP contribution in [0, 0.1) is 22.7 Å².